The molecule has 0 amide bonds. The molecular formula is C38H37F5N4O4S2. The smallest absolute Gasteiger partial charge is 0.259 e. The van der Waals surface area contributed by atoms with Crippen LogP contribution in [0.2, 0.25) is 0 Å². The number of anilines is 2. The summed E-state index contributed by atoms with van der Waals surface area (Å²) in [6, 6.07) is 19.8. The molecule has 0 aromatic heterocycles. The van der Waals surface area contributed by atoms with E-state index in [0.717, 1.165) is 61.7 Å². The third kappa shape index (κ3) is 8.53. The van der Waals surface area contributed by atoms with Gasteiger partial charge >= 0.3 is 0 Å². The van der Waals surface area contributed by atoms with Crippen molar-refractivity contribution in [1.82, 2.24) is 4.13 Å². The van der Waals surface area contributed by atoms with Gasteiger partial charge in [-0.05, 0) is 85.2 Å². The Kier molecular flexibility index (Phi) is 12.2. The summed E-state index contributed by atoms with van der Waals surface area (Å²) >= 11 is 0. The molecule has 0 bridgehead atoms. The van der Waals surface area contributed by atoms with Crippen molar-refractivity contribution in [2.45, 2.75) is 32.1 Å². The number of rotatable bonds is 14. The highest BCUT2D eigenvalue weighted by atomic mass is 32.3. The quantitative estimate of drug-likeness (QED) is 0.0585. The molecule has 4 aromatic carbocycles. The number of benzene rings is 4. The maximum absolute atomic E-state index is 14.1. The molecule has 4 aromatic rings. The van der Waals surface area contributed by atoms with Crippen LogP contribution in [0.25, 0.3) is 16.3 Å². The lowest BCUT2D eigenvalue weighted by molar-refractivity contribution is 0.357. The predicted molar refractivity (Wildman–Crippen MR) is 200 cm³/mol. The Balaban J connectivity index is 1.40. The van der Waals surface area contributed by atoms with Gasteiger partial charge in [0.2, 0.25) is 15.8 Å². The number of nitrogens with one attached hydrogen (secondary N) is 2. The number of fused-ring (bicyclic) bond motifs is 1. The lowest BCUT2D eigenvalue weighted by Gasteiger charge is -2.22. The first-order valence-electron chi connectivity index (χ1n) is 16.8. The van der Waals surface area contributed by atoms with Crippen LogP contribution >= 0.6 is 0 Å². The topological polar surface area (TPSA) is 108 Å². The fourth-order valence-electron chi connectivity index (χ4n) is 6.05. The maximum atomic E-state index is 14.1. The summed E-state index contributed by atoms with van der Waals surface area (Å²) in [7, 11) is -10.5. The molecule has 0 fully saturated rings. The normalized spacial score (nSPS) is 13.1. The van der Waals surface area contributed by atoms with Crippen molar-refractivity contribution in [3.8, 4) is 0 Å². The molecule has 0 saturated heterocycles. The molecule has 2 N–H and O–H groups in total. The molecule has 0 heterocycles. The van der Waals surface area contributed by atoms with Crippen molar-refractivity contribution in [3.05, 3.63) is 131 Å². The molecule has 0 atom stereocenters. The minimum absolute atomic E-state index is 0.0125. The molecule has 0 unspecified atom stereocenters. The summed E-state index contributed by atoms with van der Waals surface area (Å²) in [4.78, 5) is 4.47. The molecule has 53 heavy (non-hydrogen) atoms. The fourth-order valence-corrected chi connectivity index (χ4v) is 9.23. The van der Waals surface area contributed by atoms with Gasteiger partial charge in [-0.1, -0.05) is 54.6 Å². The van der Waals surface area contributed by atoms with Crippen molar-refractivity contribution >= 4 is 53.5 Å². The monoisotopic (exact) mass is 772 g/mol. The lowest BCUT2D eigenvalue weighted by atomic mass is 9.87. The van der Waals surface area contributed by atoms with Gasteiger partial charge in [-0.3, -0.25) is 4.99 Å². The minimum Gasteiger partial charge on any atom is -0.385 e. The van der Waals surface area contributed by atoms with E-state index in [4.69, 9.17) is 0 Å². The van der Waals surface area contributed by atoms with E-state index in [1.165, 1.54) is 0 Å². The second-order valence-corrected chi connectivity index (χ2v) is 15.6. The van der Waals surface area contributed by atoms with Crippen molar-refractivity contribution < 1.29 is 38.8 Å². The highest BCUT2D eigenvalue weighted by Crippen LogP contribution is 2.37. The first-order chi connectivity index (χ1) is 25.2. The third-order valence-corrected chi connectivity index (χ3v) is 12.2. The third-order valence-electron chi connectivity index (χ3n) is 8.55. The van der Waals surface area contributed by atoms with Crippen LogP contribution in [0.15, 0.2) is 100 Å². The molecule has 8 nitrogen and oxygen atoms in total. The van der Waals surface area contributed by atoms with Crippen LogP contribution in [-0.4, -0.2) is 54.5 Å². The SMILES string of the molecule is CCN=C1C=CC(=C(c2ccc(N(CC)CC)cc2)c2ccc(NCCCS(=O)(=O)NS(=O)(=O)c3c(F)c(F)c(F)c(F)c3F)c3ccccc23)C=C1. The second kappa shape index (κ2) is 16.4. The fraction of sp³-hybridized carbons (Fsp3) is 0.237. The number of nitrogens with zero attached hydrogens (tertiary/aromatic N) is 2. The van der Waals surface area contributed by atoms with E-state index < -0.39 is 59.8 Å². The highest BCUT2D eigenvalue weighted by molar-refractivity contribution is 8.04. The number of aliphatic imine (C=N–C) groups is 1. The van der Waals surface area contributed by atoms with E-state index in [1.807, 2.05) is 67.6 Å². The van der Waals surface area contributed by atoms with Crippen LogP contribution in [0.5, 0.6) is 0 Å². The standard InChI is InChI=1S/C38H37F5N4O4S2/c1-4-44-26-16-12-24(13-17-26)32(25-14-18-27(19-15-25)47(5-2)6-3)30-20-21-31(29-11-8-7-10-28(29)30)45-22-9-23-52(48,49)46-53(50,51)38-36(42)34(40)33(39)35(41)37(38)43/h7-8,10-21,45-46H,4-6,9,22-23H2,1-3H3. The summed E-state index contributed by atoms with van der Waals surface area (Å²) in [6.45, 7) is 8.58. The number of hydrogen-bond acceptors (Lipinski definition) is 7. The van der Waals surface area contributed by atoms with E-state index in [0.29, 0.717) is 12.2 Å². The zero-order valence-corrected chi connectivity index (χ0v) is 30.7. The summed E-state index contributed by atoms with van der Waals surface area (Å²) in [5.74, 6) is -13.8. The van der Waals surface area contributed by atoms with Crippen LogP contribution < -0.4 is 14.3 Å². The van der Waals surface area contributed by atoms with E-state index in [9.17, 15) is 38.8 Å². The van der Waals surface area contributed by atoms with Gasteiger partial charge < -0.3 is 10.2 Å². The number of hydrogen-bond donors (Lipinski definition) is 2. The zero-order valence-electron chi connectivity index (χ0n) is 29.1. The van der Waals surface area contributed by atoms with Gasteiger partial charge in [0.05, 0.1) is 11.5 Å². The van der Waals surface area contributed by atoms with E-state index >= 15 is 0 Å². The molecule has 280 valence electrons. The molecule has 0 aliphatic heterocycles. The average Bonchev–Trinajstić information content (AvgIpc) is 3.13. The molecule has 0 radical (unpaired) electrons. The van der Waals surface area contributed by atoms with Gasteiger partial charge in [-0.15, -0.1) is 4.13 Å². The largest absolute Gasteiger partial charge is 0.385 e. The summed E-state index contributed by atoms with van der Waals surface area (Å²) < 4.78 is 120. The molecule has 1 aliphatic carbocycles. The van der Waals surface area contributed by atoms with Crippen LogP contribution in [0, 0.1) is 29.1 Å². The van der Waals surface area contributed by atoms with Gasteiger partial charge in [0.1, 0.15) is 0 Å². The molecule has 1 aliphatic rings. The summed E-state index contributed by atoms with van der Waals surface area (Å²) in [5.41, 5.74) is 6.50. The summed E-state index contributed by atoms with van der Waals surface area (Å²) in [6.07, 6.45) is 7.81. The van der Waals surface area contributed by atoms with Crippen LogP contribution in [0.3, 0.4) is 0 Å². The predicted octanol–water partition coefficient (Wildman–Crippen LogP) is 7.88. The Hall–Kier alpha value is -4.86. The molecule has 15 heteroatoms. The summed E-state index contributed by atoms with van der Waals surface area (Å²) in [5, 5.41) is 4.87. The number of sulfonamides is 2. The minimum atomic E-state index is -5.70. The van der Waals surface area contributed by atoms with Gasteiger partial charge in [0.25, 0.3) is 10.0 Å². The maximum Gasteiger partial charge on any atom is 0.259 e. The highest BCUT2D eigenvalue weighted by Gasteiger charge is 2.35. The Morgan fingerprint density at radius 1 is 0.717 bits per heavy atom. The molecule has 0 spiro atoms. The first-order valence-corrected chi connectivity index (χ1v) is 19.9. The first kappa shape index (κ1) is 39.3. The van der Waals surface area contributed by atoms with Crippen LogP contribution in [0.4, 0.5) is 33.3 Å². The Morgan fingerprint density at radius 3 is 1.89 bits per heavy atom. The molecular weight excluding hydrogens is 736 g/mol. The van der Waals surface area contributed by atoms with Gasteiger partial charge in [0, 0.05) is 42.9 Å². The van der Waals surface area contributed by atoms with Crippen molar-refractivity contribution in [1.29, 1.82) is 0 Å². The van der Waals surface area contributed by atoms with Crippen LogP contribution in [-0.2, 0) is 20.0 Å². The Morgan fingerprint density at radius 2 is 1.30 bits per heavy atom. The van der Waals surface area contributed by atoms with E-state index in [-0.39, 0.29) is 13.0 Å². The molecule has 0 saturated carbocycles. The van der Waals surface area contributed by atoms with Gasteiger partial charge in [-0.2, -0.15) is 0 Å². The van der Waals surface area contributed by atoms with E-state index in [1.54, 1.807) is 0 Å². The van der Waals surface area contributed by atoms with E-state index in [2.05, 4.69) is 53.3 Å². The Bertz CT molecular complexity index is 2330. The Labute approximate surface area is 305 Å². The zero-order chi connectivity index (χ0) is 38.5. The number of halogens is 5. The average molecular weight is 773 g/mol. The second-order valence-electron chi connectivity index (χ2n) is 11.9. The van der Waals surface area contributed by atoms with Gasteiger partial charge in [-0.25, -0.2) is 38.8 Å². The number of allylic oxidation sites excluding steroid dienone is 5. The van der Waals surface area contributed by atoms with Gasteiger partial charge in [0.15, 0.2) is 28.2 Å². The van der Waals surface area contributed by atoms with Crippen molar-refractivity contribution in [2.24, 2.45) is 4.99 Å². The lowest BCUT2D eigenvalue weighted by Crippen LogP contribution is -2.34. The van der Waals surface area contributed by atoms with Crippen LogP contribution in [0.1, 0.15) is 38.3 Å². The molecule has 5 rings (SSSR count). The van der Waals surface area contributed by atoms with Crippen molar-refractivity contribution in [2.75, 3.05) is 42.1 Å². The van der Waals surface area contributed by atoms with Crippen molar-refractivity contribution in [3.63, 3.8) is 0 Å².